The predicted octanol–water partition coefficient (Wildman–Crippen LogP) is -0.726. The summed E-state index contributed by atoms with van der Waals surface area (Å²) in [5.74, 6) is 0. The highest BCUT2D eigenvalue weighted by atomic mass is 16.2. The second kappa shape index (κ2) is 2.79. The van der Waals surface area contributed by atoms with Crippen LogP contribution in [0.1, 0.15) is 5.56 Å². The van der Waals surface area contributed by atoms with Crippen molar-refractivity contribution in [3.8, 4) is 0 Å². The smallest absolute Gasteiger partial charge is 0.296 e. The van der Waals surface area contributed by atoms with Crippen LogP contribution in [0.25, 0.3) is 21.8 Å². The number of hydrogen-bond donors (Lipinski definition) is 2. The van der Waals surface area contributed by atoms with Crippen LogP contribution in [0, 0.1) is 6.92 Å². The molecule has 3 rings (SSSR count). The summed E-state index contributed by atoms with van der Waals surface area (Å²) in [4.78, 5) is 50.3. The molecule has 0 atom stereocenters. The molecule has 0 saturated heterocycles. The largest absolute Gasteiger partial charge is 0.318 e. The summed E-state index contributed by atoms with van der Waals surface area (Å²) in [6, 6.07) is 1.29. The van der Waals surface area contributed by atoms with Crippen LogP contribution in [-0.2, 0) is 0 Å². The van der Waals surface area contributed by atoms with E-state index >= 15 is 0 Å². The molecule has 6 nitrogen and oxygen atoms in total. The van der Waals surface area contributed by atoms with Gasteiger partial charge in [0.15, 0.2) is 0 Å². The third-order valence-corrected chi connectivity index (χ3v) is 2.96. The molecule has 0 bridgehead atoms. The first kappa shape index (κ1) is 9.71. The molecular formula is C11H6N2O4. The number of hydrogen-bond acceptors (Lipinski definition) is 4. The first-order chi connectivity index (χ1) is 8.00. The summed E-state index contributed by atoms with van der Waals surface area (Å²) in [6.07, 6.45) is 0. The maximum Gasteiger partial charge on any atom is 0.296 e. The van der Waals surface area contributed by atoms with E-state index in [1.165, 1.54) is 6.07 Å². The fourth-order valence-electron chi connectivity index (χ4n) is 2.08. The molecule has 1 aromatic carbocycles. The average molecular weight is 230 g/mol. The Hall–Kier alpha value is -2.50. The Labute approximate surface area is 92.2 Å². The number of fused-ring (bicyclic) bond motifs is 2. The van der Waals surface area contributed by atoms with Crippen LogP contribution in [0.4, 0.5) is 0 Å². The van der Waals surface area contributed by atoms with Gasteiger partial charge in [-0.1, -0.05) is 0 Å². The normalized spacial score (nSPS) is 11.6. The molecule has 0 aliphatic heterocycles. The number of nitrogens with one attached hydrogen (secondary N) is 2. The van der Waals surface area contributed by atoms with Crippen LogP contribution in [0.3, 0.4) is 0 Å². The number of aromatic amines is 2. The Bertz CT molecular complexity index is 891. The van der Waals surface area contributed by atoms with E-state index in [0.717, 1.165) is 0 Å². The highest BCUT2D eigenvalue weighted by Crippen LogP contribution is 2.19. The Kier molecular flexibility index (Phi) is 1.59. The molecule has 0 amide bonds. The second-order valence-corrected chi connectivity index (χ2v) is 3.91. The van der Waals surface area contributed by atoms with E-state index in [4.69, 9.17) is 0 Å². The minimum absolute atomic E-state index is 0.149. The lowest BCUT2D eigenvalue weighted by Crippen LogP contribution is -2.20. The van der Waals surface area contributed by atoms with Crippen molar-refractivity contribution in [2.45, 2.75) is 6.92 Å². The van der Waals surface area contributed by atoms with Crippen molar-refractivity contribution in [1.29, 1.82) is 0 Å². The van der Waals surface area contributed by atoms with Gasteiger partial charge >= 0.3 is 0 Å². The predicted molar refractivity (Wildman–Crippen MR) is 62.3 cm³/mol. The lowest BCUT2D eigenvalue weighted by atomic mass is 10.1. The minimum Gasteiger partial charge on any atom is -0.318 e. The van der Waals surface area contributed by atoms with Crippen molar-refractivity contribution in [3.05, 3.63) is 52.8 Å². The van der Waals surface area contributed by atoms with Gasteiger partial charge in [0.2, 0.25) is 0 Å². The van der Waals surface area contributed by atoms with Crippen molar-refractivity contribution in [2.75, 3.05) is 0 Å². The van der Waals surface area contributed by atoms with Gasteiger partial charge in [-0.25, -0.2) is 0 Å². The van der Waals surface area contributed by atoms with Crippen LogP contribution in [0.5, 0.6) is 0 Å². The van der Waals surface area contributed by atoms with E-state index < -0.39 is 22.0 Å². The van der Waals surface area contributed by atoms with Crippen LogP contribution in [0.2, 0.25) is 0 Å². The molecule has 2 aromatic heterocycles. The van der Waals surface area contributed by atoms with Gasteiger partial charge in [0.1, 0.15) is 0 Å². The SMILES string of the molecule is Cc1c2[nH]c(=O)c(=O)c2cc2c(=O)c(=O)[nH]c12. The van der Waals surface area contributed by atoms with E-state index in [1.54, 1.807) is 6.92 Å². The van der Waals surface area contributed by atoms with Crippen LogP contribution in [0.15, 0.2) is 25.2 Å². The monoisotopic (exact) mass is 230 g/mol. The van der Waals surface area contributed by atoms with Crippen molar-refractivity contribution in [1.82, 2.24) is 9.97 Å². The van der Waals surface area contributed by atoms with E-state index in [-0.39, 0.29) is 10.8 Å². The highest BCUT2D eigenvalue weighted by Gasteiger charge is 2.15. The Balaban J connectivity index is 2.81. The molecule has 0 radical (unpaired) electrons. The standard InChI is InChI=1S/C11H6N2O4/c1-3-6-4(8(14)10(16)12-6)2-5-7(3)13-11(17)9(5)15/h2H,1H3,(H,12,14,16)(H,13,15,17). The van der Waals surface area contributed by atoms with Gasteiger partial charge in [0.05, 0.1) is 21.8 Å². The Morgan fingerprint density at radius 1 is 0.824 bits per heavy atom. The molecule has 6 heteroatoms. The van der Waals surface area contributed by atoms with Crippen molar-refractivity contribution >= 4 is 21.8 Å². The van der Waals surface area contributed by atoms with Crippen molar-refractivity contribution < 1.29 is 0 Å². The van der Waals surface area contributed by atoms with Crippen LogP contribution >= 0.6 is 0 Å². The molecule has 3 aromatic rings. The number of aromatic nitrogens is 2. The first-order valence-electron chi connectivity index (χ1n) is 4.89. The fourth-order valence-corrected chi connectivity index (χ4v) is 2.08. The summed E-state index contributed by atoms with van der Waals surface area (Å²) in [6.45, 7) is 1.63. The number of rotatable bonds is 0. The number of benzene rings is 1. The molecule has 2 N–H and O–H groups in total. The lowest BCUT2D eigenvalue weighted by molar-refractivity contribution is 1.30. The molecule has 0 aliphatic rings. The molecule has 0 saturated carbocycles. The minimum atomic E-state index is -0.717. The number of aryl methyl sites for hydroxylation is 1. The molecule has 84 valence electrons. The van der Waals surface area contributed by atoms with Gasteiger partial charge in [0.25, 0.3) is 22.0 Å². The second-order valence-electron chi connectivity index (χ2n) is 3.91. The molecule has 0 spiro atoms. The molecule has 17 heavy (non-hydrogen) atoms. The molecule has 2 heterocycles. The molecule has 0 aliphatic carbocycles. The summed E-state index contributed by atoms with van der Waals surface area (Å²) in [5.41, 5.74) is -1.54. The Morgan fingerprint density at radius 2 is 1.24 bits per heavy atom. The van der Waals surface area contributed by atoms with Gasteiger partial charge in [-0.3, -0.25) is 19.2 Å². The molecule has 0 fully saturated rings. The third-order valence-electron chi connectivity index (χ3n) is 2.96. The maximum atomic E-state index is 11.5. The highest BCUT2D eigenvalue weighted by molar-refractivity contribution is 5.98. The fraction of sp³-hybridized carbons (Fsp3) is 0.0909. The zero-order valence-electron chi connectivity index (χ0n) is 8.71. The summed E-state index contributed by atoms with van der Waals surface area (Å²) >= 11 is 0. The molecular weight excluding hydrogens is 224 g/mol. The van der Waals surface area contributed by atoms with Gasteiger partial charge in [-0.15, -0.1) is 0 Å². The van der Waals surface area contributed by atoms with Gasteiger partial charge < -0.3 is 9.97 Å². The summed E-state index contributed by atoms with van der Waals surface area (Å²) < 4.78 is 0. The van der Waals surface area contributed by atoms with Crippen molar-refractivity contribution in [2.24, 2.45) is 0 Å². The third kappa shape index (κ3) is 1.04. The van der Waals surface area contributed by atoms with Crippen LogP contribution in [-0.4, -0.2) is 9.97 Å². The van der Waals surface area contributed by atoms with E-state index in [0.29, 0.717) is 16.6 Å². The number of H-pyrrole nitrogens is 2. The zero-order chi connectivity index (χ0) is 12.3. The van der Waals surface area contributed by atoms with E-state index in [1.807, 2.05) is 0 Å². The zero-order valence-corrected chi connectivity index (χ0v) is 8.71. The first-order valence-corrected chi connectivity index (χ1v) is 4.89. The Morgan fingerprint density at radius 3 is 1.65 bits per heavy atom. The van der Waals surface area contributed by atoms with Gasteiger partial charge in [-0.05, 0) is 18.6 Å². The summed E-state index contributed by atoms with van der Waals surface area (Å²) in [7, 11) is 0. The maximum absolute atomic E-state index is 11.5. The van der Waals surface area contributed by atoms with Crippen molar-refractivity contribution in [3.63, 3.8) is 0 Å². The van der Waals surface area contributed by atoms with Gasteiger partial charge in [-0.2, -0.15) is 0 Å². The average Bonchev–Trinajstić information content (AvgIpc) is 2.73. The van der Waals surface area contributed by atoms with Gasteiger partial charge in [0, 0.05) is 0 Å². The van der Waals surface area contributed by atoms with Crippen LogP contribution < -0.4 is 22.0 Å². The summed E-state index contributed by atoms with van der Waals surface area (Å²) in [5, 5.41) is 0.298. The lowest BCUT2D eigenvalue weighted by Gasteiger charge is -1.96. The van der Waals surface area contributed by atoms with E-state index in [2.05, 4.69) is 9.97 Å². The van der Waals surface area contributed by atoms with E-state index in [9.17, 15) is 19.2 Å². The topological polar surface area (TPSA) is 99.9 Å². The molecule has 0 unspecified atom stereocenters. The quantitative estimate of drug-likeness (QED) is 0.497.